The van der Waals surface area contributed by atoms with Crippen LogP contribution in [-0.2, 0) is 43.2 Å². The van der Waals surface area contributed by atoms with Gasteiger partial charge >= 0.3 is 0 Å². The second-order valence-electron chi connectivity index (χ2n) is 23.4. The minimum Gasteiger partial charge on any atom is -0.508 e. The summed E-state index contributed by atoms with van der Waals surface area (Å²) in [7, 11) is 1.79. The number of nitrogens with one attached hydrogen (secondary N) is 6. The van der Waals surface area contributed by atoms with Gasteiger partial charge in [-0.25, -0.2) is 0 Å². The van der Waals surface area contributed by atoms with E-state index in [1.165, 1.54) is 18.6 Å². The van der Waals surface area contributed by atoms with Crippen LogP contribution in [0.4, 0.5) is 0 Å². The van der Waals surface area contributed by atoms with Crippen molar-refractivity contribution >= 4 is 53.2 Å². The lowest BCUT2D eigenvalue weighted by Gasteiger charge is -2.36. The maximum absolute atomic E-state index is 14.7. The molecule has 16 atom stereocenters. The lowest BCUT2D eigenvalue weighted by Crippen LogP contribution is -2.65. The molecule has 466 valence electrons. The van der Waals surface area contributed by atoms with Crippen LogP contribution in [0.15, 0.2) is 24.3 Å². The fourth-order valence-corrected chi connectivity index (χ4v) is 11.3. The van der Waals surface area contributed by atoms with Gasteiger partial charge in [0.1, 0.15) is 54.2 Å². The minimum atomic E-state index is -2.37. The number of rotatable bonds is 23. The van der Waals surface area contributed by atoms with Crippen LogP contribution >= 0.6 is 0 Å². The quantitative estimate of drug-likeness (QED) is 0.0471. The second kappa shape index (κ2) is 31.7. The number of hydrogen-bond donors (Lipinski definition) is 15. The number of benzene rings is 1. The Morgan fingerprint density at radius 1 is 0.723 bits per heavy atom. The molecule has 4 saturated heterocycles. The summed E-state index contributed by atoms with van der Waals surface area (Å²) in [6, 6.07) is -8.86. The number of nitrogens with zero attached hydrogens (tertiary/aromatic N) is 3. The molecular weight excluding hydrogens is 1080 g/mol. The lowest BCUT2D eigenvalue weighted by molar-refractivity contribution is -0.148. The first-order valence-corrected chi connectivity index (χ1v) is 29.1. The molecule has 0 aromatic heterocycles. The van der Waals surface area contributed by atoms with Crippen LogP contribution in [0.5, 0.6) is 5.75 Å². The molecule has 0 spiro atoms. The van der Waals surface area contributed by atoms with Gasteiger partial charge < -0.3 is 93.2 Å². The Morgan fingerprint density at radius 3 is 1.96 bits per heavy atom. The molecule has 0 aliphatic carbocycles. The Bertz CT molecular complexity index is 2380. The van der Waals surface area contributed by atoms with E-state index in [4.69, 9.17) is 5.73 Å². The van der Waals surface area contributed by atoms with Crippen molar-refractivity contribution in [3.8, 4) is 5.75 Å². The topological polar surface area (TPSA) is 423 Å². The number of primary amides is 1. The van der Waals surface area contributed by atoms with Gasteiger partial charge in [0.05, 0.1) is 48.9 Å². The third kappa shape index (κ3) is 19.2. The Labute approximate surface area is 483 Å². The highest BCUT2D eigenvalue weighted by atomic mass is 16.3. The predicted molar refractivity (Wildman–Crippen MR) is 297 cm³/mol. The van der Waals surface area contributed by atoms with E-state index in [9.17, 15) is 84.0 Å². The van der Waals surface area contributed by atoms with Crippen molar-refractivity contribution in [2.24, 2.45) is 23.5 Å². The number of carbonyl (C=O) groups is 9. The van der Waals surface area contributed by atoms with Crippen molar-refractivity contribution in [3.63, 3.8) is 0 Å². The van der Waals surface area contributed by atoms with E-state index in [1.807, 2.05) is 4.90 Å². The minimum absolute atomic E-state index is 0.0727. The van der Waals surface area contributed by atoms with Crippen LogP contribution in [0.25, 0.3) is 0 Å². The third-order valence-corrected chi connectivity index (χ3v) is 16.4. The highest BCUT2D eigenvalue weighted by Gasteiger charge is 2.49. The molecule has 0 bridgehead atoms. The van der Waals surface area contributed by atoms with Gasteiger partial charge in [0, 0.05) is 52.0 Å². The summed E-state index contributed by atoms with van der Waals surface area (Å²) in [6.07, 6.45) is -7.56. The van der Waals surface area contributed by atoms with E-state index in [0.717, 1.165) is 67.4 Å². The number of unbranched alkanes of at least 4 members (excludes halogenated alkanes) is 5. The predicted octanol–water partition coefficient (Wildman–Crippen LogP) is -3.61. The van der Waals surface area contributed by atoms with Crippen molar-refractivity contribution < 1.29 is 84.0 Å². The summed E-state index contributed by atoms with van der Waals surface area (Å²) in [6.45, 7) is 7.05. The monoisotopic (exact) mass is 1170 g/mol. The zero-order chi connectivity index (χ0) is 61.4. The molecule has 0 unspecified atom stereocenters. The Balaban J connectivity index is 1.53. The van der Waals surface area contributed by atoms with Gasteiger partial charge in [-0.2, -0.15) is 0 Å². The maximum Gasteiger partial charge on any atom is 0.248 e. The number of aromatic hydroxyl groups is 1. The standard InChI is InChI=1S/C56H90N10O17/c1-6-29(2)21-30(3)13-11-9-7-8-10-12-14-43(74)59-36-23-40(71)37(25-58-50(77)33-26-64(5)27-33)60-54(81)47-39(70)19-20-65(47)56(83)45(41(72)24-42(57)73)62-53(80)46(49(76)48(75)32-15-17-34(68)18-16-32)63-52(79)38-22-35(69)28-66(38)55(82)44(31(4)67)61-51(36)78/h15-18,29-31,33,35-41,44-49,67-72,75-76H,6-14,19-28H2,1-5H3,(H2,57,73)(H,58,77)(H,59,74)(H,60,81)(H,61,78)(H,62,80)(H,63,79)/t29-,30+,31+,35+,36-,37+,38-,39-,40+,41+,44-,45-,46-,47-,48-,49-/m0/s1. The fourth-order valence-electron chi connectivity index (χ4n) is 11.3. The number of phenolic OH excluding ortho intramolecular Hbond substituents is 1. The summed E-state index contributed by atoms with van der Waals surface area (Å²) < 4.78 is 0. The van der Waals surface area contributed by atoms with Crippen molar-refractivity contribution in [2.45, 2.75) is 203 Å². The normalized spacial score (nSPS) is 28.6. The number of carbonyl (C=O) groups excluding carboxylic acids is 9. The molecule has 16 N–H and O–H groups in total. The summed E-state index contributed by atoms with van der Waals surface area (Å²) in [4.78, 5) is 130. The zero-order valence-electron chi connectivity index (χ0n) is 48.2. The summed E-state index contributed by atoms with van der Waals surface area (Å²) in [5, 5.41) is 105. The summed E-state index contributed by atoms with van der Waals surface area (Å²) >= 11 is 0. The molecule has 1 aromatic carbocycles. The van der Waals surface area contributed by atoms with Crippen LogP contribution in [0.3, 0.4) is 0 Å². The molecule has 5 rings (SSSR count). The lowest BCUT2D eigenvalue weighted by atomic mass is 9.91. The number of hydrogen-bond acceptors (Lipinski definition) is 18. The van der Waals surface area contributed by atoms with Gasteiger partial charge in [-0.05, 0) is 62.8 Å². The first-order valence-electron chi connectivity index (χ1n) is 29.1. The van der Waals surface area contributed by atoms with Gasteiger partial charge in [-0.15, -0.1) is 0 Å². The van der Waals surface area contributed by atoms with Gasteiger partial charge in [0.25, 0.3) is 0 Å². The number of phenols is 1. The van der Waals surface area contributed by atoms with Gasteiger partial charge in [0.2, 0.25) is 53.2 Å². The Morgan fingerprint density at radius 2 is 1.34 bits per heavy atom. The molecule has 4 heterocycles. The Kier molecular flexibility index (Phi) is 25.9. The van der Waals surface area contributed by atoms with Gasteiger partial charge in [-0.3, -0.25) is 43.2 Å². The molecule has 9 amide bonds. The van der Waals surface area contributed by atoms with Crippen molar-refractivity contribution in [2.75, 3.05) is 39.8 Å². The van der Waals surface area contributed by atoms with E-state index < -0.39 is 183 Å². The smallest absolute Gasteiger partial charge is 0.248 e. The average molecular weight is 1180 g/mol. The molecule has 0 saturated carbocycles. The fraction of sp³-hybridized carbons (Fsp3) is 0.732. The first kappa shape index (κ1) is 67.7. The van der Waals surface area contributed by atoms with Crippen LogP contribution in [-0.4, -0.2) is 227 Å². The number of aliphatic hydroxyl groups is 7. The molecule has 4 fully saturated rings. The molecule has 0 radical (unpaired) electrons. The average Bonchev–Trinajstić information content (AvgIpc) is 3.47. The van der Waals surface area contributed by atoms with Gasteiger partial charge in [-0.1, -0.05) is 77.8 Å². The molecule has 4 aliphatic heterocycles. The van der Waals surface area contributed by atoms with E-state index in [-0.39, 0.29) is 24.2 Å². The molecule has 1 aromatic rings. The highest BCUT2D eigenvalue weighted by Crippen LogP contribution is 2.27. The van der Waals surface area contributed by atoms with Crippen molar-refractivity contribution in [1.29, 1.82) is 0 Å². The molecule has 27 nitrogen and oxygen atoms in total. The van der Waals surface area contributed by atoms with Gasteiger partial charge in [0.15, 0.2) is 0 Å². The molecule has 27 heteroatoms. The van der Waals surface area contributed by atoms with Crippen molar-refractivity contribution in [1.82, 2.24) is 46.6 Å². The zero-order valence-corrected chi connectivity index (χ0v) is 48.2. The SMILES string of the molecule is CC[C@H](C)C[C@H](C)CCCCCCCCC(=O)N[C@H]1C[C@@H](O)[C@@H](CNC(=O)C2CN(C)C2)NC(=O)[C@@H]2[C@@H](O)CCN2C(=O)[C@H]([C@H](O)CC(N)=O)NC(=O)[C@H]([C@H](O)[C@@H](O)c2ccc(O)cc2)NC(=O)[C@@H]2C[C@@H](O)CN2C(=O)[C@H]([C@@H](C)O)NC1=O. The maximum atomic E-state index is 14.7. The summed E-state index contributed by atoms with van der Waals surface area (Å²) in [5.41, 5.74) is 5.29. The van der Waals surface area contributed by atoms with Crippen LogP contribution in [0.2, 0.25) is 0 Å². The largest absolute Gasteiger partial charge is 0.508 e. The molecular formula is C56H90N10O17. The van der Waals surface area contributed by atoms with Crippen LogP contribution < -0.4 is 37.6 Å². The number of likely N-dealkylation sites (tertiary alicyclic amines) is 1. The van der Waals surface area contributed by atoms with E-state index >= 15 is 0 Å². The molecule has 83 heavy (non-hydrogen) atoms. The third-order valence-electron chi connectivity index (χ3n) is 16.4. The number of aliphatic hydroxyl groups excluding tert-OH is 7. The number of amides is 9. The van der Waals surface area contributed by atoms with E-state index in [0.29, 0.717) is 37.8 Å². The van der Waals surface area contributed by atoms with Crippen molar-refractivity contribution in [3.05, 3.63) is 29.8 Å². The van der Waals surface area contributed by atoms with Crippen LogP contribution in [0, 0.1) is 17.8 Å². The molecule has 4 aliphatic rings. The number of nitrogens with two attached hydrogens (primary N) is 1. The van der Waals surface area contributed by atoms with Crippen LogP contribution in [0.1, 0.15) is 129 Å². The summed E-state index contributed by atoms with van der Waals surface area (Å²) in [5.74, 6) is -9.28. The number of fused-ring (bicyclic) bond motifs is 2. The second-order valence-corrected chi connectivity index (χ2v) is 23.4. The highest BCUT2D eigenvalue weighted by molar-refractivity contribution is 5.98. The van der Waals surface area contributed by atoms with E-state index in [2.05, 4.69) is 52.7 Å². The Hall–Kier alpha value is -6.07. The first-order chi connectivity index (χ1) is 39.2. The van der Waals surface area contributed by atoms with E-state index in [1.54, 1.807) is 7.05 Å².